The summed E-state index contributed by atoms with van der Waals surface area (Å²) >= 11 is 0. The number of aromatic nitrogens is 3. The minimum atomic E-state index is 0.108. The minimum Gasteiger partial charge on any atom is -0.503 e. The Bertz CT molecular complexity index is 376. The van der Waals surface area contributed by atoms with Crippen LogP contribution in [0.5, 0.6) is 5.75 Å². The fraction of sp³-hybridized carbons (Fsp3) is 0.167. The van der Waals surface area contributed by atoms with Crippen molar-refractivity contribution in [2.75, 3.05) is 7.11 Å². The molecule has 5 nitrogen and oxygen atoms in total. The fourth-order valence-corrected chi connectivity index (χ4v) is 1.00. The zero-order chi connectivity index (χ0) is 7.84. The highest BCUT2D eigenvalue weighted by Crippen LogP contribution is 2.15. The average Bonchev–Trinajstić information content (AvgIpc) is 2.54. The van der Waals surface area contributed by atoms with Crippen molar-refractivity contribution < 1.29 is 9.94 Å². The Morgan fingerprint density at radius 2 is 2.45 bits per heavy atom. The molecule has 0 saturated heterocycles. The first-order valence-corrected chi connectivity index (χ1v) is 3.11. The molecular formula is C6H7N3O2. The molecule has 0 spiro atoms. The molecule has 0 saturated carbocycles. The third kappa shape index (κ3) is 0.674. The number of aromatic hydroxyl groups is 1. The standard InChI is InChI=1S/C6H7N3O2/c1-11-9-4-5(10)6-7-2-3-8(6)9/h2-4,10H,1H3. The van der Waals surface area contributed by atoms with Crippen LogP contribution in [0.4, 0.5) is 0 Å². The largest absolute Gasteiger partial charge is 0.503 e. The van der Waals surface area contributed by atoms with Crippen LogP contribution in [-0.2, 0) is 0 Å². The molecule has 2 heterocycles. The summed E-state index contributed by atoms with van der Waals surface area (Å²) in [6.07, 6.45) is 4.73. The second-order valence-electron chi connectivity index (χ2n) is 2.09. The van der Waals surface area contributed by atoms with Gasteiger partial charge in [-0.15, -0.1) is 4.85 Å². The van der Waals surface area contributed by atoms with E-state index in [1.54, 1.807) is 16.9 Å². The number of hydrogen-bond donors (Lipinski definition) is 1. The normalized spacial score (nSPS) is 10.6. The summed E-state index contributed by atoms with van der Waals surface area (Å²) in [6, 6.07) is 0. The van der Waals surface area contributed by atoms with Gasteiger partial charge in [0.1, 0.15) is 13.3 Å². The molecular weight excluding hydrogens is 146 g/mol. The molecule has 0 radical (unpaired) electrons. The molecule has 0 aliphatic rings. The van der Waals surface area contributed by atoms with Gasteiger partial charge in [-0.2, -0.15) is 0 Å². The molecule has 1 N–H and O–H groups in total. The van der Waals surface area contributed by atoms with Crippen molar-refractivity contribution in [3.63, 3.8) is 0 Å². The van der Waals surface area contributed by atoms with Gasteiger partial charge in [0.2, 0.25) is 0 Å². The third-order valence-electron chi connectivity index (χ3n) is 1.48. The molecule has 0 fully saturated rings. The van der Waals surface area contributed by atoms with Crippen molar-refractivity contribution in [2.45, 2.75) is 0 Å². The molecule has 0 unspecified atom stereocenters. The van der Waals surface area contributed by atoms with E-state index in [4.69, 9.17) is 4.84 Å². The Balaban J connectivity index is 2.80. The molecule has 0 bridgehead atoms. The van der Waals surface area contributed by atoms with Crippen LogP contribution >= 0.6 is 0 Å². The van der Waals surface area contributed by atoms with Gasteiger partial charge in [-0.1, -0.05) is 0 Å². The SMILES string of the molecule is COn1cc(O)c2nccn21. The van der Waals surface area contributed by atoms with E-state index in [2.05, 4.69) is 4.98 Å². The number of fused-ring (bicyclic) bond motifs is 1. The maximum atomic E-state index is 9.23. The van der Waals surface area contributed by atoms with Crippen LogP contribution in [0.2, 0.25) is 0 Å². The summed E-state index contributed by atoms with van der Waals surface area (Å²) in [5.74, 6) is 0.108. The molecule has 2 rings (SSSR count). The van der Waals surface area contributed by atoms with E-state index >= 15 is 0 Å². The smallest absolute Gasteiger partial charge is 0.198 e. The van der Waals surface area contributed by atoms with Crippen molar-refractivity contribution in [3.8, 4) is 5.75 Å². The van der Waals surface area contributed by atoms with Crippen LogP contribution < -0.4 is 4.84 Å². The predicted molar refractivity (Wildman–Crippen MR) is 37.4 cm³/mol. The molecule has 0 amide bonds. The number of hydrogen-bond acceptors (Lipinski definition) is 3. The van der Waals surface area contributed by atoms with Gasteiger partial charge in [0, 0.05) is 6.20 Å². The molecule has 11 heavy (non-hydrogen) atoms. The van der Waals surface area contributed by atoms with Crippen molar-refractivity contribution in [3.05, 3.63) is 18.6 Å². The number of rotatable bonds is 1. The van der Waals surface area contributed by atoms with Gasteiger partial charge in [-0.3, -0.25) is 0 Å². The second kappa shape index (κ2) is 1.91. The summed E-state index contributed by atoms with van der Waals surface area (Å²) in [7, 11) is 1.51. The second-order valence-corrected chi connectivity index (χ2v) is 2.09. The predicted octanol–water partition coefficient (Wildman–Crippen LogP) is -0.100. The first-order valence-electron chi connectivity index (χ1n) is 3.11. The van der Waals surface area contributed by atoms with Crippen LogP contribution in [-0.4, -0.2) is 26.6 Å². The summed E-state index contributed by atoms with van der Waals surface area (Å²) < 4.78 is 1.59. The van der Waals surface area contributed by atoms with Crippen LogP contribution in [0.1, 0.15) is 0 Å². The van der Waals surface area contributed by atoms with Crippen LogP contribution in [0.3, 0.4) is 0 Å². The van der Waals surface area contributed by atoms with Gasteiger partial charge < -0.3 is 9.94 Å². The monoisotopic (exact) mass is 153 g/mol. The Morgan fingerprint density at radius 1 is 1.64 bits per heavy atom. The van der Waals surface area contributed by atoms with Gasteiger partial charge in [0.25, 0.3) is 0 Å². The topological polar surface area (TPSA) is 51.7 Å². The lowest BCUT2D eigenvalue weighted by Crippen LogP contribution is -2.09. The van der Waals surface area contributed by atoms with E-state index in [9.17, 15) is 5.11 Å². The summed E-state index contributed by atoms with van der Waals surface area (Å²) in [6.45, 7) is 0. The third-order valence-corrected chi connectivity index (χ3v) is 1.48. The van der Waals surface area contributed by atoms with Crippen LogP contribution in [0, 0.1) is 0 Å². The lowest BCUT2D eigenvalue weighted by Gasteiger charge is -1.98. The van der Waals surface area contributed by atoms with Crippen molar-refractivity contribution in [1.29, 1.82) is 0 Å². The van der Waals surface area contributed by atoms with E-state index in [1.165, 1.54) is 18.2 Å². The maximum Gasteiger partial charge on any atom is 0.198 e. The fourth-order valence-electron chi connectivity index (χ4n) is 1.00. The van der Waals surface area contributed by atoms with Gasteiger partial charge in [0.05, 0.1) is 6.20 Å². The molecule has 0 aliphatic carbocycles. The molecule has 5 heteroatoms. The number of nitrogens with zero attached hydrogens (tertiary/aromatic N) is 3. The summed E-state index contributed by atoms with van der Waals surface area (Å²) in [5.41, 5.74) is 0.492. The van der Waals surface area contributed by atoms with Crippen molar-refractivity contribution in [1.82, 2.24) is 14.3 Å². The lowest BCUT2D eigenvalue weighted by atomic mass is 10.6. The zero-order valence-corrected chi connectivity index (χ0v) is 5.93. The van der Waals surface area contributed by atoms with E-state index in [1.807, 2.05) is 0 Å². The maximum absolute atomic E-state index is 9.23. The molecule has 0 aliphatic heterocycles. The van der Waals surface area contributed by atoms with Crippen molar-refractivity contribution in [2.24, 2.45) is 0 Å². The van der Waals surface area contributed by atoms with Crippen LogP contribution in [0.25, 0.3) is 5.65 Å². The highest BCUT2D eigenvalue weighted by molar-refractivity contribution is 5.51. The van der Waals surface area contributed by atoms with E-state index in [-0.39, 0.29) is 5.75 Å². The first kappa shape index (κ1) is 6.09. The highest BCUT2D eigenvalue weighted by atomic mass is 16.7. The average molecular weight is 153 g/mol. The Hall–Kier alpha value is -1.65. The Kier molecular flexibility index (Phi) is 1.06. The first-order chi connectivity index (χ1) is 5.33. The van der Waals surface area contributed by atoms with Crippen LogP contribution in [0.15, 0.2) is 18.6 Å². The van der Waals surface area contributed by atoms with Gasteiger partial charge >= 0.3 is 0 Å². The van der Waals surface area contributed by atoms with Gasteiger partial charge in [-0.05, 0) is 0 Å². The molecule has 0 atom stereocenters. The minimum absolute atomic E-state index is 0.108. The summed E-state index contributed by atoms with van der Waals surface area (Å²) in [4.78, 5) is 10.2. The Morgan fingerprint density at radius 3 is 3.18 bits per heavy atom. The van der Waals surface area contributed by atoms with Gasteiger partial charge in [0.15, 0.2) is 11.4 Å². The lowest BCUT2D eigenvalue weighted by molar-refractivity contribution is 0.123. The van der Waals surface area contributed by atoms with E-state index < -0.39 is 0 Å². The molecule has 2 aromatic rings. The van der Waals surface area contributed by atoms with E-state index in [0.29, 0.717) is 5.65 Å². The zero-order valence-electron chi connectivity index (χ0n) is 5.93. The van der Waals surface area contributed by atoms with Gasteiger partial charge in [-0.25, -0.2) is 9.50 Å². The van der Waals surface area contributed by atoms with E-state index in [0.717, 1.165) is 0 Å². The highest BCUT2D eigenvalue weighted by Gasteiger charge is 2.06. The molecule has 2 aromatic heterocycles. The molecule has 58 valence electrons. The van der Waals surface area contributed by atoms with Crippen molar-refractivity contribution >= 4 is 5.65 Å². The Labute approximate surface area is 62.4 Å². The number of imidazole rings is 1. The molecule has 0 aromatic carbocycles. The summed E-state index contributed by atoms with van der Waals surface area (Å²) in [5, 5.41) is 9.23. The quantitative estimate of drug-likeness (QED) is 0.622.